The van der Waals surface area contributed by atoms with Gasteiger partial charge >= 0.3 is 0 Å². The molecule has 3 heteroatoms. The van der Waals surface area contributed by atoms with Gasteiger partial charge in [0.1, 0.15) is 5.82 Å². The van der Waals surface area contributed by atoms with Gasteiger partial charge in [0.15, 0.2) is 0 Å². The second-order valence-corrected chi connectivity index (χ2v) is 3.73. The summed E-state index contributed by atoms with van der Waals surface area (Å²) in [6.07, 6.45) is 3.35. The summed E-state index contributed by atoms with van der Waals surface area (Å²) in [7, 11) is 0. The quantitative estimate of drug-likeness (QED) is 0.790. The minimum absolute atomic E-state index is 0.151. The van der Waals surface area contributed by atoms with E-state index >= 15 is 0 Å². The van der Waals surface area contributed by atoms with E-state index in [1.807, 2.05) is 6.07 Å². The van der Waals surface area contributed by atoms with Crippen LogP contribution in [0, 0.1) is 5.82 Å². The summed E-state index contributed by atoms with van der Waals surface area (Å²) >= 11 is 0. The molecule has 0 aliphatic carbocycles. The summed E-state index contributed by atoms with van der Waals surface area (Å²) < 4.78 is 13.3. The molecule has 0 spiro atoms. The topological polar surface area (TPSA) is 24.4 Å². The Morgan fingerprint density at radius 2 is 2.13 bits per heavy atom. The Morgan fingerprint density at radius 1 is 1.27 bits per heavy atom. The van der Waals surface area contributed by atoms with Crippen LogP contribution in [0.2, 0.25) is 0 Å². The maximum Gasteiger partial charge on any atom is 0.128 e. The van der Waals surface area contributed by atoms with Crippen LogP contribution < -0.4 is 5.32 Å². The fourth-order valence-corrected chi connectivity index (χ4v) is 1.68. The highest BCUT2D eigenvalue weighted by molar-refractivity contribution is 5.82. The number of aliphatic imine (C=N–C) groups is 1. The fourth-order valence-electron chi connectivity index (χ4n) is 1.68. The standard InChI is InChI=1S/C12H15FN2/c13-11-6-2-1-5-10(11)9-15-12-7-3-4-8-14-12/h1-2,5-6H,3-4,7-9H2,(H,14,15). The zero-order chi connectivity index (χ0) is 10.5. The van der Waals surface area contributed by atoms with E-state index < -0.39 is 0 Å². The van der Waals surface area contributed by atoms with E-state index in [4.69, 9.17) is 0 Å². The molecule has 15 heavy (non-hydrogen) atoms. The first-order valence-corrected chi connectivity index (χ1v) is 5.37. The summed E-state index contributed by atoms with van der Waals surface area (Å²) in [6, 6.07) is 6.84. The Hall–Kier alpha value is -1.38. The van der Waals surface area contributed by atoms with E-state index in [0.29, 0.717) is 12.1 Å². The maximum atomic E-state index is 13.3. The van der Waals surface area contributed by atoms with Gasteiger partial charge in [-0.15, -0.1) is 0 Å². The predicted octanol–water partition coefficient (Wildman–Crippen LogP) is 2.50. The molecular formula is C12H15FN2. The molecule has 0 bridgehead atoms. The van der Waals surface area contributed by atoms with Crippen LogP contribution in [-0.4, -0.2) is 12.4 Å². The van der Waals surface area contributed by atoms with E-state index in [1.54, 1.807) is 12.1 Å². The molecule has 0 saturated carbocycles. The first-order chi connectivity index (χ1) is 7.36. The summed E-state index contributed by atoms with van der Waals surface area (Å²) in [5, 5.41) is 3.19. The normalized spacial score (nSPS) is 15.9. The van der Waals surface area contributed by atoms with E-state index in [0.717, 1.165) is 18.8 Å². The van der Waals surface area contributed by atoms with E-state index in [-0.39, 0.29) is 5.82 Å². The van der Waals surface area contributed by atoms with Gasteiger partial charge in [-0.05, 0) is 18.9 Å². The third kappa shape index (κ3) is 2.78. The predicted molar refractivity (Wildman–Crippen MR) is 59.4 cm³/mol. The summed E-state index contributed by atoms with van der Waals surface area (Å²) in [5.74, 6) is 0.867. The minimum Gasteiger partial charge on any atom is -0.370 e. The zero-order valence-electron chi connectivity index (χ0n) is 8.67. The van der Waals surface area contributed by atoms with Crippen molar-refractivity contribution in [1.29, 1.82) is 0 Å². The molecule has 0 amide bonds. The van der Waals surface area contributed by atoms with Gasteiger partial charge in [-0.2, -0.15) is 0 Å². The molecule has 0 atom stereocenters. The van der Waals surface area contributed by atoms with Gasteiger partial charge in [0.25, 0.3) is 0 Å². The number of hydrogen-bond donors (Lipinski definition) is 1. The lowest BCUT2D eigenvalue weighted by atomic mass is 10.1. The smallest absolute Gasteiger partial charge is 0.128 e. The molecule has 0 radical (unpaired) electrons. The molecule has 80 valence electrons. The first-order valence-electron chi connectivity index (χ1n) is 5.37. The number of benzene rings is 1. The number of hydrogen-bond acceptors (Lipinski definition) is 2. The number of rotatable bonds is 2. The molecule has 0 fully saturated rings. The Labute approximate surface area is 89.2 Å². The molecule has 1 aliphatic rings. The summed E-state index contributed by atoms with van der Waals surface area (Å²) in [5.41, 5.74) is 0.700. The monoisotopic (exact) mass is 206 g/mol. The lowest BCUT2D eigenvalue weighted by Crippen LogP contribution is -2.25. The van der Waals surface area contributed by atoms with Crippen molar-refractivity contribution in [2.45, 2.75) is 25.8 Å². The van der Waals surface area contributed by atoms with Crippen molar-refractivity contribution in [3.8, 4) is 0 Å². The van der Waals surface area contributed by atoms with E-state index in [1.165, 1.54) is 18.9 Å². The number of halogens is 1. The molecule has 2 nitrogen and oxygen atoms in total. The van der Waals surface area contributed by atoms with Crippen LogP contribution in [0.25, 0.3) is 0 Å². The third-order valence-electron chi connectivity index (χ3n) is 2.57. The van der Waals surface area contributed by atoms with Gasteiger partial charge in [-0.3, -0.25) is 4.99 Å². The first kappa shape index (κ1) is 10.1. The lowest BCUT2D eigenvalue weighted by Gasteiger charge is -2.14. The molecule has 0 unspecified atom stereocenters. The zero-order valence-corrected chi connectivity index (χ0v) is 8.67. The SMILES string of the molecule is Fc1ccccc1CNC1=NCCCC1. The van der Waals surface area contributed by atoms with Crippen LogP contribution in [0.15, 0.2) is 29.3 Å². The fraction of sp³-hybridized carbons (Fsp3) is 0.417. The molecule has 0 saturated heterocycles. The average molecular weight is 206 g/mol. The van der Waals surface area contributed by atoms with Crippen LogP contribution in [0.4, 0.5) is 4.39 Å². The molecule has 1 aromatic carbocycles. The highest BCUT2D eigenvalue weighted by atomic mass is 19.1. The molecule has 0 aromatic heterocycles. The van der Waals surface area contributed by atoms with Crippen LogP contribution >= 0.6 is 0 Å². The third-order valence-corrected chi connectivity index (χ3v) is 2.57. The van der Waals surface area contributed by atoms with Crippen molar-refractivity contribution < 1.29 is 4.39 Å². The van der Waals surface area contributed by atoms with Gasteiger partial charge in [0.05, 0.1) is 5.84 Å². The van der Waals surface area contributed by atoms with Crippen LogP contribution in [0.1, 0.15) is 24.8 Å². The number of nitrogens with zero attached hydrogens (tertiary/aromatic N) is 1. The van der Waals surface area contributed by atoms with Crippen molar-refractivity contribution >= 4 is 5.84 Å². The van der Waals surface area contributed by atoms with Crippen LogP contribution in [0.5, 0.6) is 0 Å². The van der Waals surface area contributed by atoms with Crippen molar-refractivity contribution in [3.05, 3.63) is 35.6 Å². The van der Waals surface area contributed by atoms with Crippen molar-refractivity contribution in [3.63, 3.8) is 0 Å². The molecule has 1 heterocycles. The van der Waals surface area contributed by atoms with Gasteiger partial charge in [-0.1, -0.05) is 18.2 Å². The van der Waals surface area contributed by atoms with Gasteiger partial charge in [0.2, 0.25) is 0 Å². The highest BCUT2D eigenvalue weighted by Gasteiger charge is 2.05. The van der Waals surface area contributed by atoms with Crippen molar-refractivity contribution in [2.24, 2.45) is 4.99 Å². The minimum atomic E-state index is -0.151. The average Bonchev–Trinajstić information content (AvgIpc) is 2.29. The lowest BCUT2D eigenvalue weighted by molar-refractivity contribution is 0.603. The maximum absolute atomic E-state index is 13.3. The molecule has 1 aromatic rings. The van der Waals surface area contributed by atoms with E-state index in [9.17, 15) is 4.39 Å². The Balaban J connectivity index is 1.93. The van der Waals surface area contributed by atoms with Crippen LogP contribution in [0.3, 0.4) is 0 Å². The van der Waals surface area contributed by atoms with E-state index in [2.05, 4.69) is 10.3 Å². The van der Waals surface area contributed by atoms with Crippen molar-refractivity contribution in [2.75, 3.05) is 6.54 Å². The second kappa shape index (κ2) is 4.91. The molecule has 1 aliphatic heterocycles. The van der Waals surface area contributed by atoms with Crippen molar-refractivity contribution in [1.82, 2.24) is 5.32 Å². The second-order valence-electron chi connectivity index (χ2n) is 3.73. The molecule has 2 rings (SSSR count). The Bertz CT molecular complexity index is 360. The Morgan fingerprint density at radius 3 is 2.87 bits per heavy atom. The van der Waals surface area contributed by atoms with Gasteiger partial charge in [-0.25, -0.2) is 4.39 Å². The summed E-state index contributed by atoms with van der Waals surface area (Å²) in [4.78, 5) is 4.36. The van der Waals surface area contributed by atoms with Gasteiger partial charge in [0, 0.05) is 25.1 Å². The van der Waals surface area contributed by atoms with Crippen LogP contribution in [-0.2, 0) is 6.54 Å². The Kier molecular flexibility index (Phi) is 3.33. The molecule has 1 N–H and O–H groups in total. The van der Waals surface area contributed by atoms with Gasteiger partial charge < -0.3 is 5.32 Å². The largest absolute Gasteiger partial charge is 0.370 e. The number of amidine groups is 1. The molecular weight excluding hydrogens is 191 g/mol. The summed E-state index contributed by atoms with van der Waals surface area (Å²) in [6.45, 7) is 1.44. The highest BCUT2D eigenvalue weighted by Crippen LogP contribution is 2.08. The number of nitrogens with one attached hydrogen (secondary N) is 1.